The number of nitrogens with zero attached hydrogens (tertiary/aromatic N) is 2. The van der Waals surface area contributed by atoms with Gasteiger partial charge in [0.25, 0.3) is 0 Å². The van der Waals surface area contributed by atoms with Gasteiger partial charge in [-0.2, -0.15) is 4.98 Å². The van der Waals surface area contributed by atoms with Crippen molar-refractivity contribution in [1.29, 1.82) is 0 Å². The molecule has 1 aromatic carbocycles. The molecule has 2 rings (SSSR count). The van der Waals surface area contributed by atoms with Crippen molar-refractivity contribution in [3.8, 4) is 5.75 Å². The Morgan fingerprint density at radius 2 is 2.25 bits per heavy atom. The summed E-state index contributed by atoms with van der Waals surface area (Å²) in [5.41, 5.74) is 0.517. The Bertz CT molecular complexity index is 569. The van der Waals surface area contributed by atoms with E-state index in [1.807, 2.05) is 6.92 Å². The predicted octanol–water partition coefficient (Wildman–Crippen LogP) is 2.79. The van der Waals surface area contributed by atoms with Crippen LogP contribution in [-0.4, -0.2) is 15.2 Å². The first-order valence-electron chi connectivity index (χ1n) is 6.52. The number of aromatic nitrogens is 2. The molecule has 0 aliphatic carbocycles. The SMILES string of the molecule is CCCc1nc(COc2cc(F)ccc2C(C)O)no1. The van der Waals surface area contributed by atoms with Crippen molar-refractivity contribution < 1.29 is 18.8 Å². The van der Waals surface area contributed by atoms with E-state index in [-0.39, 0.29) is 12.4 Å². The van der Waals surface area contributed by atoms with Crippen LogP contribution in [-0.2, 0) is 13.0 Å². The van der Waals surface area contributed by atoms with Crippen molar-refractivity contribution >= 4 is 0 Å². The van der Waals surface area contributed by atoms with E-state index in [9.17, 15) is 9.50 Å². The second-order valence-electron chi connectivity index (χ2n) is 4.50. The summed E-state index contributed by atoms with van der Waals surface area (Å²) in [7, 11) is 0. The molecule has 1 atom stereocenters. The fourth-order valence-corrected chi connectivity index (χ4v) is 1.78. The second kappa shape index (κ2) is 6.47. The normalized spacial score (nSPS) is 12.4. The highest BCUT2D eigenvalue weighted by Gasteiger charge is 2.12. The zero-order valence-electron chi connectivity index (χ0n) is 11.5. The van der Waals surface area contributed by atoms with Gasteiger partial charge in [0.1, 0.15) is 11.6 Å². The van der Waals surface area contributed by atoms with Crippen molar-refractivity contribution in [2.24, 2.45) is 0 Å². The number of halogens is 1. The minimum Gasteiger partial charge on any atom is -0.485 e. The summed E-state index contributed by atoms with van der Waals surface area (Å²) in [6, 6.07) is 4.01. The molecule has 0 saturated heterocycles. The Kier molecular flexibility index (Phi) is 4.68. The maximum absolute atomic E-state index is 13.2. The zero-order chi connectivity index (χ0) is 14.5. The molecule has 20 heavy (non-hydrogen) atoms. The molecular formula is C14H17FN2O3. The summed E-state index contributed by atoms with van der Waals surface area (Å²) in [5.74, 6) is 0.807. The standard InChI is InChI=1S/C14H17FN2O3/c1-3-4-14-16-13(17-20-14)8-19-12-7-10(15)5-6-11(12)9(2)18/h5-7,9,18H,3-4,8H2,1-2H3. The van der Waals surface area contributed by atoms with Crippen LogP contribution >= 0.6 is 0 Å². The molecule has 0 radical (unpaired) electrons. The van der Waals surface area contributed by atoms with Crippen LogP contribution in [0.2, 0.25) is 0 Å². The van der Waals surface area contributed by atoms with Crippen LogP contribution in [0.5, 0.6) is 5.75 Å². The van der Waals surface area contributed by atoms with Gasteiger partial charge in [-0.25, -0.2) is 4.39 Å². The zero-order valence-corrected chi connectivity index (χ0v) is 11.5. The molecule has 1 heterocycles. The largest absolute Gasteiger partial charge is 0.485 e. The van der Waals surface area contributed by atoms with Gasteiger partial charge in [0.2, 0.25) is 11.7 Å². The number of aryl methyl sites for hydroxylation is 1. The van der Waals surface area contributed by atoms with E-state index < -0.39 is 11.9 Å². The molecule has 0 aliphatic heterocycles. The molecule has 1 unspecified atom stereocenters. The summed E-state index contributed by atoms with van der Waals surface area (Å²) in [6.07, 6.45) is 0.885. The molecule has 0 spiro atoms. The lowest BCUT2D eigenvalue weighted by Gasteiger charge is -2.12. The molecule has 108 valence electrons. The first kappa shape index (κ1) is 14.5. The molecule has 2 aromatic rings. The molecule has 0 aliphatic rings. The monoisotopic (exact) mass is 280 g/mol. The number of ether oxygens (including phenoxy) is 1. The lowest BCUT2D eigenvalue weighted by atomic mass is 10.1. The molecule has 6 heteroatoms. The quantitative estimate of drug-likeness (QED) is 0.881. The summed E-state index contributed by atoms with van der Waals surface area (Å²) in [5, 5.41) is 13.4. The molecule has 0 amide bonds. The van der Waals surface area contributed by atoms with Crippen molar-refractivity contribution in [2.45, 2.75) is 39.4 Å². The van der Waals surface area contributed by atoms with Crippen molar-refractivity contribution in [1.82, 2.24) is 10.1 Å². The molecule has 0 saturated carbocycles. The number of aliphatic hydroxyl groups is 1. The van der Waals surface area contributed by atoms with E-state index >= 15 is 0 Å². The highest BCUT2D eigenvalue weighted by atomic mass is 19.1. The molecule has 0 fully saturated rings. The van der Waals surface area contributed by atoms with Gasteiger partial charge in [-0.15, -0.1) is 0 Å². The third kappa shape index (κ3) is 3.54. The lowest BCUT2D eigenvalue weighted by molar-refractivity contribution is 0.189. The number of benzene rings is 1. The molecular weight excluding hydrogens is 263 g/mol. The van der Waals surface area contributed by atoms with E-state index in [0.717, 1.165) is 6.42 Å². The van der Waals surface area contributed by atoms with Crippen LogP contribution in [0.3, 0.4) is 0 Å². The van der Waals surface area contributed by atoms with Crippen molar-refractivity contribution in [3.63, 3.8) is 0 Å². The summed E-state index contributed by atoms with van der Waals surface area (Å²) in [6.45, 7) is 3.67. The first-order chi connectivity index (χ1) is 9.60. The van der Waals surface area contributed by atoms with Gasteiger partial charge in [-0.3, -0.25) is 0 Å². The average Bonchev–Trinajstić information content (AvgIpc) is 2.84. The Hall–Kier alpha value is -1.95. The van der Waals surface area contributed by atoms with Crippen LogP contribution in [0, 0.1) is 5.82 Å². The van der Waals surface area contributed by atoms with Crippen LogP contribution in [0.25, 0.3) is 0 Å². The third-order valence-corrected chi connectivity index (χ3v) is 2.76. The van der Waals surface area contributed by atoms with Gasteiger partial charge in [0.15, 0.2) is 6.61 Å². The van der Waals surface area contributed by atoms with Gasteiger partial charge in [0.05, 0.1) is 6.10 Å². The first-order valence-corrected chi connectivity index (χ1v) is 6.52. The van der Waals surface area contributed by atoms with E-state index in [4.69, 9.17) is 9.26 Å². The van der Waals surface area contributed by atoms with E-state index in [1.54, 1.807) is 6.92 Å². The molecule has 0 bridgehead atoms. The summed E-state index contributed by atoms with van der Waals surface area (Å²) >= 11 is 0. The van der Waals surface area contributed by atoms with Crippen molar-refractivity contribution in [2.75, 3.05) is 0 Å². The van der Waals surface area contributed by atoms with Gasteiger partial charge in [0, 0.05) is 18.1 Å². The van der Waals surface area contributed by atoms with Crippen LogP contribution < -0.4 is 4.74 Å². The van der Waals surface area contributed by atoms with Crippen molar-refractivity contribution in [3.05, 3.63) is 41.3 Å². The van der Waals surface area contributed by atoms with Crippen LogP contribution in [0.1, 0.15) is 43.7 Å². The number of hydrogen-bond acceptors (Lipinski definition) is 5. The average molecular weight is 280 g/mol. The van der Waals surface area contributed by atoms with Gasteiger partial charge in [-0.1, -0.05) is 12.1 Å². The number of aliphatic hydroxyl groups excluding tert-OH is 1. The van der Waals surface area contributed by atoms with Gasteiger partial charge < -0.3 is 14.4 Å². The molecule has 1 aromatic heterocycles. The summed E-state index contributed by atoms with van der Waals surface area (Å²) < 4.78 is 23.7. The minimum atomic E-state index is -0.744. The number of hydrogen-bond donors (Lipinski definition) is 1. The smallest absolute Gasteiger partial charge is 0.226 e. The van der Waals surface area contributed by atoms with E-state index in [2.05, 4.69) is 10.1 Å². The van der Waals surface area contributed by atoms with E-state index in [1.165, 1.54) is 18.2 Å². The Morgan fingerprint density at radius 3 is 2.95 bits per heavy atom. The molecule has 5 nitrogen and oxygen atoms in total. The third-order valence-electron chi connectivity index (χ3n) is 2.76. The Balaban J connectivity index is 2.07. The summed E-state index contributed by atoms with van der Waals surface area (Å²) in [4.78, 5) is 4.15. The second-order valence-corrected chi connectivity index (χ2v) is 4.50. The highest BCUT2D eigenvalue weighted by Crippen LogP contribution is 2.26. The maximum atomic E-state index is 13.2. The Labute approximate surface area is 116 Å². The fourth-order valence-electron chi connectivity index (χ4n) is 1.78. The van der Waals surface area contributed by atoms with Crippen LogP contribution in [0.15, 0.2) is 22.7 Å². The fraction of sp³-hybridized carbons (Fsp3) is 0.429. The Morgan fingerprint density at radius 1 is 1.45 bits per heavy atom. The van der Waals surface area contributed by atoms with Crippen LogP contribution in [0.4, 0.5) is 4.39 Å². The lowest BCUT2D eigenvalue weighted by Crippen LogP contribution is -2.03. The highest BCUT2D eigenvalue weighted by molar-refractivity contribution is 5.35. The topological polar surface area (TPSA) is 68.4 Å². The number of rotatable bonds is 6. The molecule has 1 N–H and O–H groups in total. The maximum Gasteiger partial charge on any atom is 0.226 e. The van der Waals surface area contributed by atoms with Gasteiger partial charge in [-0.05, 0) is 25.5 Å². The van der Waals surface area contributed by atoms with E-state index in [0.29, 0.717) is 23.7 Å². The minimum absolute atomic E-state index is 0.0659. The van der Waals surface area contributed by atoms with Gasteiger partial charge >= 0.3 is 0 Å². The predicted molar refractivity (Wildman–Crippen MR) is 69.7 cm³/mol.